The van der Waals surface area contributed by atoms with Crippen LogP contribution in [-0.4, -0.2) is 0 Å². The third-order valence-electron chi connectivity index (χ3n) is 2.67. The molecule has 0 amide bonds. The van der Waals surface area contributed by atoms with Gasteiger partial charge in [-0.05, 0) is 30.2 Å². The fraction of sp³-hybridized carbons (Fsp3) is 0.308. The lowest BCUT2D eigenvalue weighted by atomic mass is 9.81. The third kappa shape index (κ3) is 1.49. The molecule has 2 rings (SSSR count). The van der Waals surface area contributed by atoms with Crippen molar-refractivity contribution < 1.29 is 0 Å². The smallest absolute Gasteiger partial charge is 0.0602 e. The molecule has 0 N–H and O–H groups in total. The number of rotatable bonds is 1. The molecule has 13 heavy (non-hydrogen) atoms. The lowest BCUT2D eigenvalue weighted by Crippen LogP contribution is -2.09. The average molecular weight is 171 g/mol. The monoisotopic (exact) mass is 171 g/mol. The topological polar surface area (TPSA) is 0 Å². The van der Waals surface area contributed by atoms with Crippen molar-refractivity contribution >= 4 is 0 Å². The van der Waals surface area contributed by atoms with E-state index < -0.39 is 0 Å². The van der Waals surface area contributed by atoms with Gasteiger partial charge in [0.2, 0.25) is 0 Å². The van der Waals surface area contributed by atoms with E-state index in [2.05, 4.69) is 56.7 Å². The summed E-state index contributed by atoms with van der Waals surface area (Å²) in [5.41, 5.74) is 2.85. The third-order valence-corrected chi connectivity index (χ3v) is 2.67. The van der Waals surface area contributed by atoms with Crippen LogP contribution in [0.2, 0.25) is 0 Å². The Morgan fingerprint density at radius 1 is 1.23 bits per heavy atom. The van der Waals surface area contributed by atoms with Gasteiger partial charge in [-0.2, -0.15) is 0 Å². The highest BCUT2D eigenvalue weighted by Crippen LogP contribution is 2.32. The van der Waals surface area contributed by atoms with Gasteiger partial charge in [-0.1, -0.05) is 13.8 Å². The van der Waals surface area contributed by atoms with Crippen molar-refractivity contribution in [2.75, 3.05) is 0 Å². The number of fused-ring (bicyclic) bond motifs is 1. The first-order chi connectivity index (χ1) is 6.29. The van der Waals surface area contributed by atoms with Gasteiger partial charge in [0, 0.05) is 18.6 Å². The Labute approximate surface area is 80.3 Å². The summed E-state index contributed by atoms with van der Waals surface area (Å²) >= 11 is 0. The average Bonchev–Trinajstić information content (AvgIpc) is 2.17. The minimum Gasteiger partial charge on any atom is -0.0602 e. The summed E-state index contributed by atoms with van der Waals surface area (Å²) in [4.78, 5) is 0. The summed E-state index contributed by atoms with van der Waals surface area (Å²) in [5.74, 6) is 1.28. The molecular formula is C13H15+. The molecule has 0 bridgehead atoms. The van der Waals surface area contributed by atoms with E-state index in [1.807, 2.05) is 0 Å². The molecule has 0 heterocycles. The van der Waals surface area contributed by atoms with Gasteiger partial charge >= 0.3 is 0 Å². The summed E-state index contributed by atoms with van der Waals surface area (Å²) in [5, 5.41) is 0. The lowest BCUT2D eigenvalue weighted by molar-refractivity contribution is 0.573. The van der Waals surface area contributed by atoms with Crippen LogP contribution < -0.4 is 0 Å². The van der Waals surface area contributed by atoms with E-state index in [9.17, 15) is 0 Å². The standard InChI is InChI=1S/C13H15/c1-10(2)12-9-5-7-11-6-3-4-8-13(11)12/h3-10,12H,1-2H3/q+1. The van der Waals surface area contributed by atoms with Crippen molar-refractivity contribution in [1.82, 2.24) is 0 Å². The zero-order chi connectivity index (χ0) is 9.26. The highest BCUT2D eigenvalue weighted by atomic mass is 14.2. The summed E-state index contributed by atoms with van der Waals surface area (Å²) in [7, 11) is 0. The largest absolute Gasteiger partial charge is 0.0997 e. The molecule has 66 valence electrons. The molecule has 0 saturated heterocycles. The Bertz CT molecular complexity index is 321. The maximum absolute atomic E-state index is 2.30. The first kappa shape index (κ1) is 8.43. The summed E-state index contributed by atoms with van der Waals surface area (Å²) in [6.45, 7) is 4.55. The van der Waals surface area contributed by atoms with Gasteiger partial charge < -0.3 is 0 Å². The fourth-order valence-electron chi connectivity index (χ4n) is 1.93. The fourth-order valence-corrected chi connectivity index (χ4v) is 1.93. The van der Waals surface area contributed by atoms with Crippen molar-refractivity contribution in [3.8, 4) is 0 Å². The molecule has 0 aromatic heterocycles. The van der Waals surface area contributed by atoms with Crippen LogP contribution in [0.1, 0.15) is 30.9 Å². The van der Waals surface area contributed by atoms with E-state index >= 15 is 0 Å². The molecule has 0 saturated carbocycles. The Kier molecular flexibility index (Phi) is 2.13. The molecule has 0 nitrogen and oxygen atoms in total. The molecule has 0 heteroatoms. The van der Waals surface area contributed by atoms with Crippen LogP contribution in [0.15, 0.2) is 36.4 Å². The second-order valence-electron chi connectivity index (χ2n) is 3.95. The summed E-state index contributed by atoms with van der Waals surface area (Å²) < 4.78 is 0. The van der Waals surface area contributed by atoms with Crippen molar-refractivity contribution in [2.45, 2.75) is 19.8 Å². The van der Waals surface area contributed by atoms with Crippen molar-refractivity contribution in [2.24, 2.45) is 5.92 Å². The normalized spacial score (nSPS) is 19.8. The Morgan fingerprint density at radius 2 is 2.00 bits per heavy atom. The Morgan fingerprint density at radius 3 is 2.77 bits per heavy atom. The Balaban J connectivity index is 2.42. The minimum atomic E-state index is 0.598. The first-order valence-electron chi connectivity index (χ1n) is 4.89. The van der Waals surface area contributed by atoms with E-state index in [-0.39, 0.29) is 0 Å². The van der Waals surface area contributed by atoms with Gasteiger partial charge in [-0.25, -0.2) is 0 Å². The maximum atomic E-state index is 2.30. The summed E-state index contributed by atoms with van der Waals surface area (Å²) in [6.07, 6.45) is 6.66. The number of benzene rings is 1. The van der Waals surface area contributed by atoms with Gasteiger partial charge in [0.25, 0.3) is 0 Å². The molecule has 0 spiro atoms. The number of hydrogen-bond donors (Lipinski definition) is 0. The van der Waals surface area contributed by atoms with E-state index in [0.29, 0.717) is 11.8 Å². The van der Waals surface area contributed by atoms with Gasteiger partial charge in [-0.3, -0.25) is 0 Å². The first-order valence-corrected chi connectivity index (χ1v) is 4.89. The Hall–Kier alpha value is -1.17. The van der Waals surface area contributed by atoms with E-state index in [1.54, 1.807) is 0 Å². The van der Waals surface area contributed by atoms with Crippen LogP contribution >= 0.6 is 0 Å². The van der Waals surface area contributed by atoms with Crippen LogP contribution in [0.5, 0.6) is 0 Å². The molecule has 1 aliphatic rings. The van der Waals surface area contributed by atoms with Crippen LogP contribution in [0.3, 0.4) is 0 Å². The predicted molar refractivity (Wildman–Crippen MR) is 56.6 cm³/mol. The molecular weight excluding hydrogens is 156 g/mol. The molecule has 1 aromatic carbocycles. The summed E-state index contributed by atoms with van der Waals surface area (Å²) in [6, 6.07) is 8.65. The molecule has 0 fully saturated rings. The predicted octanol–water partition coefficient (Wildman–Crippen LogP) is 3.55. The van der Waals surface area contributed by atoms with Crippen molar-refractivity contribution in [3.63, 3.8) is 0 Å². The molecule has 0 radical (unpaired) electrons. The van der Waals surface area contributed by atoms with Crippen molar-refractivity contribution in [1.29, 1.82) is 0 Å². The molecule has 1 aliphatic carbocycles. The zero-order valence-corrected chi connectivity index (χ0v) is 8.20. The maximum Gasteiger partial charge on any atom is 0.0997 e. The van der Waals surface area contributed by atoms with Gasteiger partial charge in [0.05, 0.1) is 17.0 Å². The highest BCUT2D eigenvalue weighted by molar-refractivity contribution is 5.44. The highest BCUT2D eigenvalue weighted by Gasteiger charge is 2.24. The molecule has 1 unspecified atom stereocenters. The van der Waals surface area contributed by atoms with Gasteiger partial charge in [0.1, 0.15) is 0 Å². The van der Waals surface area contributed by atoms with Crippen LogP contribution in [-0.2, 0) is 0 Å². The van der Waals surface area contributed by atoms with Crippen molar-refractivity contribution in [3.05, 3.63) is 54.0 Å². The van der Waals surface area contributed by atoms with Crippen LogP contribution in [0.25, 0.3) is 0 Å². The van der Waals surface area contributed by atoms with Crippen LogP contribution in [0, 0.1) is 12.3 Å². The lowest BCUT2D eigenvalue weighted by Gasteiger charge is -2.17. The van der Waals surface area contributed by atoms with Crippen LogP contribution in [0.4, 0.5) is 0 Å². The molecule has 1 atom stereocenters. The van der Waals surface area contributed by atoms with Gasteiger partial charge in [0.15, 0.2) is 0 Å². The SMILES string of the molecule is CC(C)C1C=C[CH+]c2ccccc21. The van der Waals surface area contributed by atoms with E-state index in [0.717, 1.165) is 0 Å². The number of allylic oxidation sites excluding steroid dienone is 2. The van der Waals surface area contributed by atoms with E-state index in [4.69, 9.17) is 0 Å². The quantitative estimate of drug-likeness (QED) is 0.567. The second-order valence-corrected chi connectivity index (χ2v) is 3.95. The molecule has 1 aromatic rings. The zero-order valence-electron chi connectivity index (χ0n) is 8.20. The number of hydrogen-bond acceptors (Lipinski definition) is 0. The molecule has 0 aliphatic heterocycles. The van der Waals surface area contributed by atoms with E-state index in [1.165, 1.54) is 11.1 Å². The second kappa shape index (κ2) is 3.29. The van der Waals surface area contributed by atoms with Gasteiger partial charge in [-0.15, -0.1) is 0 Å². The minimum absolute atomic E-state index is 0.598.